The summed E-state index contributed by atoms with van der Waals surface area (Å²) in [5.74, 6) is 0.0592. The zero-order chi connectivity index (χ0) is 12.9. The van der Waals surface area contributed by atoms with E-state index in [-0.39, 0.29) is 17.5 Å². The van der Waals surface area contributed by atoms with Crippen molar-refractivity contribution in [2.45, 2.75) is 45.7 Å². The van der Waals surface area contributed by atoms with Gasteiger partial charge in [0, 0.05) is 22.9 Å². The van der Waals surface area contributed by atoms with Crippen LogP contribution in [0.15, 0.2) is 17.5 Å². The van der Waals surface area contributed by atoms with Gasteiger partial charge in [-0.1, -0.05) is 6.07 Å². The minimum Gasteiger partial charge on any atom is -0.352 e. The van der Waals surface area contributed by atoms with Gasteiger partial charge in [-0.25, -0.2) is 0 Å². The monoisotopic (exact) mass is 254 g/mol. The van der Waals surface area contributed by atoms with Crippen molar-refractivity contribution in [1.29, 1.82) is 0 Å². The Kier molecular flexibility index (Phi) is 5.15. The van der Waals surface area contributed by atoms with Crippen LogP contribution in [0.5, 0.6) is 0 Å². The molecule has 1 rings (SSSR count). The fraction of sp³-hybridized carbons (Fsp3) is 0.615. The molecule has 0 aliphatic heterocycles. The molecule has 0 bridgehead atoms. The summed E-state index contributed by atoms with van der Waals surface area (Å²) < 4.78 is 0. The van der Waals surface area contributed by atoms with Gasteiger partial charge in [0.2, 0.25) is 5.91 Å². The van der Waals surface area contributed by atoms with Crippen LogP contribution in [0.1, 0.15) is 32.6 Å². The first kappa shape index (κ1) is 14.2. The smallest absolute Gasteiger partial charge is 0.234 e. The molecule has 1 aromatic heterocycles. The summed E-state index contributed by atoms with van der Waals surface area (Å²) in [6.45, 7) is 8.56. The SMILES string of the molecule is CC(Cc1cccs1)NC(=O)CNC(C)(C)C. The van der Waals surface area contributed by atoms with E-state index in [4.69, 9.17) is 0 Å². The lowest BCUT2D eigenvalue weighted by atomic mass is 10.1. The van der Waals surface area contributed by atoms with Crippen molar-refractivity contribution < 1.29 is 4.79 Å². The molecule has 0 radical (unpaired) electrons. The molecule has 1 aromatic rings. The van der Waals surface area contributed by atoms with E-state index in [1.165, 1.54) is 4.88 Å². The molecule has 1 atom stereocenters. The van der Waals surface area contributed by atoms with Crippen molar-refractivity contribution in [3.8, 4) is 0 Å². The molecule has 0 aliphatic rings. The number of amides is 1. The molecule has 3 nitrogen and oxygen atoms in total. The summed E-state index contributed by atoms with van der Waals surface area (Å²) in [5, 5.41) is 8.23. The lowest BCUT2D eigenvalue weighted by molar-refractivity contribution is -0.121. The van der Waals surface area contributed by atoms with E-state index in [1.54, 1.807) is 11.3 Å². The fourth-order valence-electron chi connectivity index (χ4n) is 1.45. The third-order valence-corrected chi connectivity index (χ3v) is 3.17. The molecule has 96 valence electrons. The van der Waals surface area contributed by atoms with Crippen molar-refractivity contribution in [2.75, 3.05) is 6.54 Å². The molecule has 0 saturated heterocycles. The predicted molar refractivity (Wildman–Crippen MR) is 73.4 cm³/mol. The maximum absolute atomic E-state index is 11.7. The predicted octanol–water partition coefficient (Wildman–Crippen LogP) is 2.18. The van der Waals surface area contributed by atoms with Gasteiger partial charge in [-0.15, -0.1) is 11.3 Å². The molecule has 17 heavy (non-hydrogen) atoms. The highest BCUT2D eigenvalue weighted by molar-refractivity contribution is 7.09. The molecular formula is C13H22N2OS. The summed E-state index contributed by atoms with van der Waals surface area (Å²) in [4.78, 5) is 13.0. The first-order valence-corrected chi connectivity index (χ1v) is 6.81. The summed E-state index contributed by atoms with van der Waals surface area (Å²) in [5.41, 5.74) is -0.0195. The maximum atomic E-state index is 11.7. The Morgan fingerprint density at radius 1 is 1.47 bits per heavy atom. The van der Waals surface area contributed by atoms with E-state index < -0.39 is 0 Å². The molecule has 0 saturated carbocycles. The van der Waals surface area contributed by atoms with Crippen LogP contribution in [-0.2, 0) is 11.2 Å². The van der Waals surface area contributed by atoms with Crippen LogP contribution in [0, 0.1) is 0 Å². The van der Waals surface area contributed by atoms with E-state index in [0.717, 1.165) is 6.42 Å². The van der Waals surface area contributed by atoms with Crippen LogP contribution in [0.2, 0.25) is 0 Å². The van der Waals surface area contributed by atoms with Crippen molar-refractivity contribution in [1.82, 2.24) is 10.6 Å². The Bertz CT molecular complexity index is 341. The molecule has 0 spiro atoms. The van der Waals surface area contributed by atoms with E-state index in [0.29, 0.717) is 6.54 Å². The molecule has 4 heteroatoms. The molecule has 1 amide bonds. The Balaban J connectivity index is 2.26. The van der Waals surface area contributed by atoms with Crippen LogP contribution < -0.4 is 10.6 Å². The Hall–Kier alpha value is -0.870. The second-order valence-corrected chi connectivity index (χ2v) is 6.39. The zero-order valence-corrected chi connectivity index (χ0v) is 11.9. The summed E-state index contributed by atoms with van der Waals surface area (Å²) in [7, 11) is 0. The van der Waals surface area contributed by atoms with Gasteiger partial charge >= 0.3 is 0 Å². The average Bonchev–Trinajstić information content (AvgIpc) is 2.66. The minimum absolute atomic E-state index is 0.0195. The lowest BCUT2D eigenvalue weighted by Crippen LogP contribution is -2.45. The highest BCUT2D eigenvalue weighted by Gasteiger charge is 2.13. The lowest BCUT2D eigenvalue weighted by Gasteiger charge is -2.21. The van der Waals surface area contributed by atoms with Crippen molar-refractivity contribution >= 4 is 17.2 Å². The zero-order valence-electron chi connectivity index (χ0n) is 11.0. The summed E-state index contributed by atoms with van der Waals surface area (Å²) in [6.07, 6.45) is 0.902. The van der Waals surface area contributed by atoms with Gasteiger partial charge in [0.25, 0.3) is 0 Å². The molecule has 1 unspecified atom stereocenters. The van der Waals surface area contributed by atoms with Crippen LogP contribution in [0.25, 0.3) is 0 Å². The number of hydrogen-bond acceptors (Lipinski definition) is 3. The van der Waals surface area contributed by atoms with Crippen LogP contribution >= 0.6 is 11.3 Å². The topological polar surface area (TPSA) is 41.1 Å². The van der Waals surface area contributed by atoms with Crippen LogP contribution in [0.3, 0.4) is 0 Å². The van der Waals surface area contributed by atoms with Gasteiger partial charge in [0.05, 0.1) is 6.54 Å². The summed E-state index contributed by atoms with van der Waals surface area (Å²) in [6, 6.07) is 4.32. The molecule has 0 aliphatic carbocycles. The third-order valence-electron chi connectivity index (χ3n) is 2.27. The molecule has 2 N–H and O–H groups in total. The Morgan fingerprint density at radius 3 is 2.71 bits per heavy atom. The van der Waals surface area contributed by atoms with Crippen molar-refractivity contribution in [2.24, 2.45) is 0 Å². The molecule has 0 fully saturated rings. The number of nitrogens with one attached hydrogen (secondary N) is 2. The maximum Gasteiger partial charge on any atom is 0.234 e. The normalized spacial score (nSPS) is 13.4. The first-order chi connectivity index (χ1) is 7.87. The van der Waals surface area contributed by atoms with E-state index >= 15 is 0 Å². The van der Waals surface area contributed by atoms with Gasteiger partial charge in [-0.3, -0.25) is 4.79 Å². The van der Waals surface area contributed by atoms with Crippen molar-refractivity contribution in [3.05, 3.63) is 22.4 Å². The average molecular weight is 254 g/mol. The van der Waals surface area contributed by atoms with Crippen LogP contribution in [0.4, 0.5) is 0 Å². The Morgan fingerprint density at radius 2 is 2.18 bits per heavy atom. The Labute approximate surface area is 108 Å². The van der Waals surface area contributed by atoms with Gasteiger partial charge in [0.1, 0.15) is 0 Å². The van der Waals surface area contributed by atoms with E-state index in [2.05, 4.69) is 42.9 Å². The summed E-state index contributed by atoms with van der Waals surface area (Å²) >= 11 is 1.73. The van der Waals surface area contributed by atoms with Gasteiger partial charge in [-0.2, -0.15) is 0 Å². The molecule has 1 heterocycles. The van der Waals surface area contributed by atoms with E-state index in [9.17, 15) is 4.79 Å². The second kappa shape index (κ2) is 6.17. The van der Waals surface area contributed by atoms with Crippen molar-refractivity contribution in [3.63, 3.8) is 0 Å². The van der Waals surface area contributed by atoms with Gasteiger partial charge in [-0.05, 0) is 39.1 Å². The number of thiophene rings is 1. The number of hydrogen-bond donors (Lipinski definition) is 2. The fourth-order valence-corrected chi connectivity index (χ4v) is 2.29. The second-order valence-electron chi connectivity index (χ2n) is 5.36. The number of carbonyl (C=O) groups is 1. The quantitative estimate of drug-likeness (QED) is 0.845. The largest absolute Gasteiger partial charge is 0.352 e. The standard InChI is InChI=1S/C13H22N2OS/c1-10(8-11-6-5-7-17-11)15-12(16)9-14-13(2,3)4/h5-7,10,14H,8-9H2,1-4H3,(H,15,16). The first-order valence-electron chi connectivity index (χ1n) is 5.93. The minimum atomic E-state index is -0.0195. The highest BCUT2D eigenvalue weighted by Crippen LogP contribution is 2.10. The van der Waals surface area contributed by atoms with Crippen LogP contribution in [-0.4, -0.2) is 24.0 Å². The number of carbonyl (C=O) groups excluding carboxylic acids is 1. The number of rotatable bonds is 5. The van der Waals surface area contributed by atoms with E-state index in [1.807, 2.05) is 13.0 Å². The van der Waals surface area contributed by atoms with Gasteiger partial charge < -0.3 is 10.6 Å². The van der Waals surface area contributed by atoms with Gasteiger partial charge in [0.15, 0.2) is 0 Å². The molecule has 0 aromatic carbocycles. The molecular weight excluding hydrogens is 232 g/mol. The highest BCUT2D eigenvalue weighted by atomic mass is 32.1. The third kappa shape index (κ3) is 6.44.